The molecule has 0 aromatic carbocycles. The summed E-state index contributed by atoms with van der Waals surface area (Å²) in [4.78, 5) is 26.7. The van der Waals surface area contributed by atoms with Gasteiger partial charge in [-0.15, -0.1) is 0 Å². The maximum Gasteiger partial charge on any atom is 0.223 e. The first kappa shape index (κ1) is 13.7. The lowest BCUT2D eigenvalue weighted by Crippen LogP contribution is -2.31. The van der Waals surface area contributed by atoms with Crippen molar-refractivity contribution < 1.29 is 4.79 Å². The molecular weight excluding hydrogens is 264 g/mol. The second-order valence-electron chi connectivity index (χ2n) is 5.24. The van der Waals surface area contributed by atoms with E-state index >= 15 is 0 Å². The molecule has 1 atom stereocenters. The molecule has 2 aromatic heterocycles. The molecule has 0 aliphatic carbocycles. The van der Waals surface area contributed by atoms with Crippen LogP contribution in [0.15, 0.2) is 43.1 Å². The number of rotatable bonds is 4. The Balaban J connectivity index is 1.64. The minimum atomic E-state index is 0.106. The monoisotopic (exact) mass is 282 g/mol. The standard InChI is InChI=1S/C16H18N4O/c21-16(6-5-13-3-1-8-17-11-13)20-10-2-4-15(20)14-7-9-18-12-19-14/h1,3,7-9,11-12,15H,2,4-6,10H2. The van der Waals surface area contributed by atoms with Crippen molar-refractivity contribution in [1.82, 2.24) is 19.9 Å². The molecule has 1 fully saturated rings. The van der Waals surface area contributed by atoms with Crippen LogP contribution < -0.4 is 0 Å². The Hall–Kier alpha value is -2.30. The van der Waals surface area contributed by atoms with Crippen molar-refractivity contribution in [2.24, 2.45) is 0 Å². The zero-order valence-corrected chi connectivity index (χ0v) is 11.9. The van der Waals surface area contributed by atoms with Crippen LogP contribution in [0.4, 0.5) is 0 Å². The van der Waals surface area contributed by atoms with Gasteiger partial charge >= 0.3 is 0 Å². The van der Waals surface area contributed by atoms with Crippen LogP contribution in [0.1, 0.15) is 36.6 Å². The van der Waals surface area contributed by atoms with E-state index in [1.165, 1.54) is 0 Å². The molecule has 2 aromatic rings. The average molecular weight is 282 g/mol. The van der Waals surface area contributed by atoms with Gasteiger partial charge in [0.25, 0.3) is 0 Å². The van der Waals surface area contributed by atoms with Gasteiger partial charge in [-0.1, -0.05) is 6.07 Å². The van der Waals surface area contributed by atoms with Crippen LogP contribution in [0.2, 0.25) is 0 Å². The van der Waals surface area contributed by atoms with Crippen molar-refractivity contribution in [3.8, 4) is 0 Å². The third-order valence-corrected chi connectivity index (χ3v) is 3.87. The highest BCUT2D eigenvalue weighted by Gasteiger charge is 2.30. The van der Waals surface area contributed by atoms with Crippen molar-refractivity contribution in [2.45, 2.75) is 31.7 Å². The van der Waals surface area contributed by atoms with Gasteiger partial charge in [0.05, 0.1) is 11.7 Å². The second-order valence-corrected chi connectivity index (χ2v) is 5.24. The molecule has 3 heterocycles. The van der Waals surface area contributed by atoms with E-state index in [9.17, 15) is 4.79 Å². The summed E-state index contributed by atoms with van der Waals surface area (Å²) in [7, 11) is 0. The molecule has 1 amide bonds. The lowest BCUT2D eigenvalue weighted by molar-refractivity contribution is -0.132. The highest BCUT2D eigenvalue weighted by atomic mass is 16.2. The number of aromatic nitrogens is 3. The van der Waals surface area contributed by atoms with E-state index < -0.39 is 0 Å². The average Bonchev–Trinajstić information content (AvgIpc) is 3.04. The number of nitrogens with zero attached hydrogens (tertiary/aromatic N) is 4. The molecule has 5 heteroatoms. The molecule has 5 nitrogen and oxygen atoms in total. The summed E-state index contributed by atoms with van der Waals surface area (Å²) in [6.45, 7) is 0.820. The molecule has 0 radical (unpaired) electrons. The van der Waals surface area contributed by atoms with Crippen molar-refractivity contribution >= 4 is 5.91 Å². The van der Waals surface area contributed by atoms with Crippen molar-refractivity contribution in [2.75, 3.05) is 6.54 Å². The molecule has 1 unspecified atom stereocenters. The van der Waals surface area contributed by atoms with Crippen LogP contribution in [0.3, 0.4) is 0 Å². The first-order chi connectivity index (χ1) is 10.3. The van der Waals surface area contributed by atoms with Gasteiger partial charge < -0.3 is 4.90 Å². The molecule has 21 heavy (non-hydrogen) atoms. The molecule has 0 spiro atoms. The number of amides is 1. The highest BCUT2D eigenvalue weighted by Crippen LogP contribution is 2.31. The fraction of sp³-hybridized carbons (Fsp3) is 0.375. The number of likely N-dealkylation sites (tertiary alicyclic amines) is 1. The number of hydrogen-bond donors (Lipinski definition) is 0. The molecule has 1 aliphatic heterocycles. The number of aryl methyl sites for hydroxylation is 1. The van der Waals surface area contributed by atoms with Crippen molar-refractivity contribution in [1.29, 1.82) is 0 Å². The third-order valence-electron chi connectivity index (χ3n) is 3.87. The first-order valence-corrected chi connectivity index (χ1v) is 7.29. The van der Waals surface area contributed by atoms with E-state index in [2.05, 4.69) is 15.0 Å². The molecule has 0 saturated carbocycles. The van der Waals surface area contributed by atoms with Crippen LogP contribution >= 0.6 is 0 Å². The van der Waals surface area contributed by atoms with E-state index in [1.54, 1.807) is 18.7 Å². The summed E-state index contributed by atoms with van der Waals surface area (Å²) in [5.41, 5.74) is 2.04. The zero-order valence-electron chi connectivity index (χ0n) is 11.9. The topological polar surface area (TPSA) is 59.0 Å². The lowest BCUT2D eigenvalue weighted by atomic mass is 10.1. The van der Waals surface area contributed by atoms with Gasteiger partial charge in [-0.25, -0.2) is 9.97 Å². The van der Waals surface area contributed by atoms with Gasteiger partial charge in [0.15, 0.2) is 0 Å². The smallest absolute Gasteiger partial charge is 0.223 e. The van der Waals surface area contributed by atoms with Gasteiger partial charge in [-0.05, 0) is 37.0 Å². The van der Waals surface area contributed by atoms with Gasteiger partial charge in [0.2, 0.25) is 5.91 Å². The largest absolute Gasteiger partial charge is 0.334 e. The summed E-state index contributed by atoms with van der Waals surface area (Å²) >= 11 is 0. The van der Waals surface area contributed by atoms with Gasteiger partial charge in [0.1, 0.15) is 6.33 Å². The predicted octanol–water partition coefficient (Wildman–Crippen LogP) is 2.17. The Morgan fingerprint density at radius 2 is 2.24 bits per heavy atom. The fourth-order valence-corrected chi connectivity index (χ4v) is 2.81. The van der Waals surface area contributed by atoms with Crippen LogP contribution in [-0.2, 0) is 11.2 Å². The molecule has 1 saturated heterocycles. The van der Waals surface area contributed by atoms with E-state index in [0.29, 0.717) is 6.42 Å². The normalized spacial score (nSPS) is 17.9. The fourth-order valence-electron chi connectivity index (χ4n) is 2.81. The van der Waals surface area contributed by atoms with Crippen molar-refractivity contribution in [3.63, 3.8) is 0 Å². The summed E-state index contributed by atoms with van der Waals surface area (Å²) in [6.07, 6.45) is 10.1. The van der Waals surface area contributed by atoms with Crippen LogP contribution in [0, 0.1) is 0 Å². The van der Waals surface area contributed by atoms with Crippen LogP contribution in [-0.4, -0.2) is 32.3 Å². The summed E-state index contributed by atoms with van der Waals surface area (Å²) in [5, 5.41) is 0. The zero-order chi connectivity index (χ0) is 14.5. The Labute approximate surface area is 124 Å². The molecule has 108 valence electrons. The lowest BCUT2D eigenvalue weighted by Gasteiger charge is -2.24. The molecule has 1 aliphatic rings. The summed E-state index contributed by atoms with van der Waals surface area (Å²) < 4.78 is 0. The van der Waals surface area contributed by atoms with E-state index in [0.717, 1.165) is 37.1 Å². The van der Waals surface area contributed by atoms with Crippen molar-refractivity contribution in [3.05, 3.63) is 54.4 Å². The Morgan fingerprint density at radius 1 is 1.29 bits per heavy atom. The van der Waals surface area contributed by atoms with E-state index in [1.807, 2.05) is 29.3 Å². The SMILES string of the molecule is O=C(CCc1cccnc1)N1CCCC1c1ccncn1. The molecular formula is C16H18N4O. The highest BCUT2D eigenvalue weighted by molar-refractivity contribution is 5.77. The summed E-state index contributed by atoms with van der Waals surface area (Å²) in [6, 6.07) is 5.91. The van der Waals surface area contributed by atoms with Crippen LogP contribution in [0.5, 0.6) is 0 Å². The van der Waals surface area contributed by atoms with Gasteiger partial charge in [-0.3, -0.25) is 9.78 Å². The number of carbonyl (C=O) groups excluding carboxylic acids is 1. The maximum atomic E-state index is 12.5. The number of carbonyl (C=O) groups is 1. The van der Waals surface area contributed by atoms with Gasteiger partial charge in [0, 0.05) is 31.6 Å². The minimum absolute atomic E-state index is 0.106. The quantitative estimate of drug-likeness (QED) is 0.862. The van der Waals surface area contributed by atoms with Gasteiger partial charge in [-0.2, -0.15) is 0 Å². The third kappa shape index (κ3) is 3.24. The number of hydrogen-bond acceptors (Lipinski definition) is 4. The van der Waals surface area contributed by atoms with E-state index in [4.69, 9.17) is 0 Å². The predicted molar refractivity (Wildman–Crippen MR) is 78.3 cm³/mol. The molecule has 0 N–H and O–H groups in total. The minimum Gasteiger partial charge on any atom is -0.334 e. The summed E-state index contributed by atoms with van der Waals surface area (Å²) in [5.74, 6) is 0.194. The maximum absolute atomic E-state index is 12.5. The van der Waals surface area contributed by atoms with Crippen LogP contribution in [0.25, 0.3) is 0 Å². The number of pyridine rings is 1. The molecule has 0 bridgehead atoms. The molecule has 3 rings (SSSR count). The second kappa shape index (κ2) is 6.43. The van der Waals surface area contributed by atoms with E-state index in [-0.39, 0.29) is 11.9 Å². The Kier molecular flexibility index (Phi) is 4.19. The first-order valence-electron chi connectivity index (χ1n) is 7.29. The Morgan fingerprint density at radius 3 is 3.00 bits per heavy atom. The Bertz CT molecular complexity index is 588.